The van der Waals surface area contributed by atoms with Gasteiger partial charge in [-0.15, -0.1) is 0 Å². The zero-order valence-corrected chi connectivity index (χ0v) is 8.90. The first-order valence-corrected chi connectivity index (χ1v) is 6.47. The molecule has 1 unspecified atom stereocenters. The summed E-state index contributed by atoms with van der Waals surface area (Å²) in [5.41, 5.74) is -1.17. The van der Waals surface area contributed by atoms with Crippen molar-refractivity contribution in [3.8, 4) is 0 Å². The summed E-state index contributed by atoms with van der Waals surface area (Å²) in [5.74, 6) is -4.65. The highest BCUT2D eigenvalue weighted by Gasteiger charge is 2.80. The van der Waals surface area contributed by atoms with Crippen molar-refractivity contribution < 1.29 is 21.9 Å². The lowest BCUT2D eigenvalue weighted by Gasteiger charge is -2.22. The maximum Gasteiger partial charge on any atom is 0.258 e. The number of primary sulfonamides is 1. The normalized spacial score (nSPS) is 32.9. The quantitative estimate of drug-likeness (QED) is 0.757. The van der Waals surface area contributed by atoms with Crippen molar-refractivity contribution in [1.82, 2.24) is 0 Å². The fraction of sp³-hybridized carbons (Fsp3) is 1.00. The van der Waals surface area contributed by atoms with E-state index in [2.05, 4.69) is 0 Å². The smallest absolute Gasteiger partial charge is 0.258 e. The highest BCUT2D eigenvalue weighted by molar-refractivity contribution is 7.89. The second-order valence-electron chi connectivity index (χ2n) is 4.27. The van der Waals surface area contributed by atoms with Gasteiger partial charge in [0.2, 0.25) is 10.0 Å². The van der Waals surface area contributed by atoms with Crippen LogP contribution in [0, 0.1) is 11.3 Å². The molecule has 2 rings (SSSR count). The Kier molecular flexibility index (Phi) is 2.33. The summed E-state index contributed by atoms with van der Waals surface area (Å²) in [5, 5.41) is 4.80. The Labute approximate surface area is 86.8 Å². The van der Waals surface area contributed by atoms with E-state index in [9.17, 15) is 17.2 Å². The van der Waals surface area contributed by atoms with Crippen LogP contribution in [-0.4, -0.2) is 33.3 Å². The number of hydrogen-bond acceptors (Lipinski definition) is 3. The number of sulfonamides is 1. The molecule has 1 heterocycles. The molecular weight excluding hydrogens is 228 g/mol. The van der Waals surface area contributed by atoms with Gasteiger partial charge in [-0.05, 0) is 12.8 Å². The van der Waals surface area contributed by atoms with Gasteiger partial charge < -0.3 is 4.74 Å². The summed E-state index contributed by atoms with van der Waals surface area (Å²) in [4.78, 5) is 0. The van der Waals surface area contributed by atoms with Gasteiger partial charge in [-0.25, -0.2) is 22.3 Å². The van der Waals surface area contributed by atoms with E-state index in [-0.39, 0.29) is 26.1 Å². The number of rotatable bonds is 2. The van der Waals surface area contributed by atoms with Crippen molar-refractivity contribution in [3.05, 3.63) is 0 Å². The van der Waals surface area contributed by atoms with E-state index in [1.807, 2.05) is 0 Å². The first-order valence-electron chi connectivity index (χ1n) is 4.76. The molecule has 0 aromatic heterocycles. The molecule has 1 spiro atoms. The average Bonchev–Trinajstić information content (AvgIpc) is 2.51. The molecule has 1 saturated heterocycles. The molecule has 2 aliphatic rings. The molecule has 1 aliphatic heterocycles. The minimum Gasteiger partial charge on any atom is -0.381 e. The minimum absolute atomic E-state index is 0.222. The molecule has 88 valence electrons. The van der Waals surface area contributed by atoms with Gasteiger partial charge in [-0.1, -0.05) is 0 Å². The molecule has 1 atom stereocenters. The molecule has 0 bridgehead atoms. The lowest BCUT2D eigenvalue weighted by atomic mass is 9.94. The van der Waals surface area contributed by atoms with E-state index in [4.69, 9.17) is 9.88 Å². The van der Waals surface area contributed by atoms with Crippen LogP contribution in [0.4, 0.5) is 8.78 Å². The Morgan fingerprint density at radius 1 is 1.33 bits per heavy atom. The summed E-state index contributed by atoms with van der Waals surface area (Å²) in [6, 6.07) is 0. The van der Waals surface area contributed by atoms with Gasteiger partial charge in [-0.2, -0.15) is 0 Å². The molecule has 4 nitrogen and oxygen atoms in total. The summed E-state index contributed by atoms with van der Waals surface area (Å²) in [7, 11) is -3.83. The molecular formula is C8H13F2NO3S. The van der Waals surface area contributed by atoms with Crippen LogP contribution in [0.2, 0.25) is 0 Å². The van der Waals surface area contributed by atoms with Crippen LogP contribution in [0.5, 0.6) is 0 Å². The largest absolute Gasteiger partial charge is 0.381 e. The number of halogens is 2. The van der Waals surface area contributed by atoms with Crippen LogP contribution >= 0.6 is 0 Å². The Bertz CT molecular complexity index is 362. The zero-order chi connectivity index (χ0) is 11.3. The first-order chi connectivity index (χ1) is 6.80. The van der Waals surface area contributed by atoms with Gasteiger partial charge in [0.15, 0.2) is 0 Å². The molecule has 15 heavy (non-hydrogen) atoms. The lowest BCUT2D eigenvalue weighted by Crippen LogP contribution is -2.24. The van der Waals surface area contributed by atoms with E-state index < -0.39 is 33.0 Å². The fourth-order valence-corrected chi connectivity index (χ4v) is 3.50. The summed E-state index contributed by atoms with van der Waals surface area (Å²) >= 11 is 0. The van der Waals surface area contributed by atoms with Crippen LogP contribution in [0.15, 0.2) is 0 Å². The predicted molar refractivity (Wildman–Crippen MR) is 48.9 cm³/mol. The Balaban J connectivity index is 2.15. The van der Waals surface area contributed by atoms with Crippen molar-refractivity contribution in [2.45, 2.75) is 18.8 Å². The predicted octanol–water partition coefficient (Wildman–Crippen LogP) is 0.337. The molecule has 7 heteroatoms. The monoisotopic (exact) mass is 241 g/mol. The third-order valence-corrected chi connectivity index (χ3v) is 4.27. The van der Waals surface area contributed by atoms with Crippen molar-refractivity contribution in [2.75, 3.05) is 19.0 Å². The van der Waals surface area contributed by atoms with Gasteiger partial charge >= 0.3 is 0 Å². The Morgan fingerprint density at radius 3 is 2.33 bits per heavy atom. The van der Waals surface area contributed by atoms with Gasteiger partial charge in [-0.3, -0.25) is 0 Å². The van der Waals surface area contributed by atoms with E-state index in [0.29, 0.717) is 0 Å². The number of ether oxygens (including phenoxy) is 1. The SMILES string of the molecule is NS(=O)(=O)CC1C(F)(F)C12CCOCC2. The number of hydrogen-bond donors (Lipinski definition) is 1. The molecule has 0 aromatic rings. The van der Waals surface area contributed by atoms with Crippen molar-refractivity contribution >= 4 is 10.0 Å². The van der Waals surface area contributed by atoms with E-state index in [0.717, 1.165) is 0 Å². The molecule has 0 amide bonds. The van der Waals surface area contributed by atoms with Crippen molar-refractivity contribution in [3.63, 3.8) is 0 Å². The molecule has 2 fully saturated rings. The van der Waals surface area contributed by atoms with E-state index in [1.54, 1.807) is 0 Å². The molecule has 0 radical (unpaired) electrons. The molecule has 1 saturated carbocycles. The van der Waals surface area contributed by atoms with Crippen molar-refractivity contribution in [2.24, 2.45) is 16.5 Å². The Hall–Kier alpha value is -0.270. The zero-order valence-electron chi connectivity index (χ0n) is 8.08. The molecule has 1 aliphatic carbocycles. The average molecular weight is 241 g/mol. The van der Waals surface area contributed by atoms with E-state index >= 15 is 0 Å². The third-order valence-electron chi connectivity index (χ3n) is 3.47. The lowest BCUT2D eigenvalue weighted by molar-refractivity contribution is -0.00826. The van der Waals surface area contributed by atoms with Crippen LogP contribution < -0.4 is 5.14 Å². The van der Waals surface area contributed by atoms with Crippen LogP contribution in [0.25, 0.3) is 0 Å². The van der Waals surface area contributed by atoms with Gasteiger partial charge in [0.1, 0.15) is 0 Å². The highest BCUT2D eigenvalue weighted by Crippen LogP contribution is 2.70. The second kappa shape index (κ2) is 3.11. The standard InChI is InChI=1S/C8H13F2NO3S/c9-8(10)6(5-15(11,12)13)7(8)1-3-14-4-2-7/h6H,1-5H2,(H2,11,12,13). The van der Waals surface area contributed by atoms with Crippen molar-refractivity contribution in [1.29, 1.82) is 0 Å². The fourth-order valence-electron chi connectivity index (χ4n) is 2.51. The maximum atomic E-state index is 13.5. The summed E-state index contributed by atoms with van der Waals surface area (Å²) < 4.78 is 53.6. The molecule has 0 aromatic carbocycles. The van der Waals surface area contributed by atoms with Crippen LogP contribution in [-0.2, 0) is 14.8 Å². The van der Waals surface area contributed by atoms with E-state index in [1.165, 1.54) is 0 Å². The second-order valence-corrected chi connectivity index (χ2v) is 5.93. The van der Waals surface area contributed by atoms with Crippen LogP contribution in [0.1, 0.15) is 12.8 Å². The van der Waals surface area contributed by atoms with Crippen LogP contribution in [0.3, 0.4) is 0 Å². The molecule has 2 N–H and O–H groups in total. The third kappa shape index (κ3) is 1.66. The minimum atomic E-state index is -3.83. The maximum absolute atomic E-state index is 13.5. The van der Waals surface area contributed by atoms with Gasteiger partial charge in [0.25, 0.3) is 5.92 Å². The topological polar surface area (TPSA) is 69.4 Å². The summed E-state index contributed by atoms with van der Waals surface area (Å²) in [6.07, 6.45) is 0.445. The van der Waals surface area contributed by atoms with Gasteiger partial charge in [0, 0.05) is 18.6 Å². The highest BCUT2D eigenvalue weighted by atomic mass is 32.2. The van der Waals surface area contributed by atoms with Gasteiger partial charge in [0.05, 0.1) is 11.7 Å². The number of nitrogens with two attached hydrogens (primary N) is 1. The summed E-state index contributed by atoms with van der Waals surface area (Å²) in [6.45, 7) is 0.549. The Morgan fingerprint density at radius 2 is 1.87 bits per heavy atom. The first kappa shape index (κ1) is 11.2. The number of alkyl halides is 2.